The Bertz CT molecular complexity index is 243. The molecule has 0 aromatic heterocycles. The fourth-order valence-electron chi connectivity index (χ4n) is 2.08. The van der Waals surface area contributed by atoms with Gasteiger partial charge < -0.3 is 9.84 Å². The number of carbonyl (C=O) groups is 1. The highest BCUT2D eigenvalue weighted by Crippen LogP contribution is 2.36. The van der Waals surface area contributed by atoms with Crippen molar-refractivity contribution in [2.45, 2.75) is 45.3 Å². The third-order valence-corrected chi connectivity index (χ3v) is 2.90. The van der Waals surface area contributed by atoms with Gasteiger partial charge in [-0.2, -0.15) is 0 Å². The molecule has 0 heterocycles. The van der Waals surface area contributed by atoms with Crippen LogP contribution in [0.3, 0.4) is 0 Å². The van der Waals surface area contributed by atoms with Gasteiger partial charge >= 0.3 is 5.97 Å². The smallest absolute Gasteiger partial charge is 0.323 e. The molecule has 1 N–H and O–H groups in total. The zero-order valence-electron chi connectivity index (χ0n) is 10.7. The molecule has 1 saturated carbocycles. The quantitative estimate of drug-likeness (QED) is 0.691. The molecule has 1 fully saturated rings. The summed E-state index contributed by atoms with van der Waals surface area (Å²) in [5.41, 5.74) is -0.781. The number of ether oxygens (including phenoxy) is 1. The van der Waals surface area contributed by atoms with Crippen molar-refractivity contribution in [3.8, 4) is 0 Å². The summed E-state index contributed by atoms with van der Waals surface area (Å²) < 4.78 is 4.85. The van der Waals surface area contributed by atoms with Crippen LogP contribution >= 0.6 is 0 Å². The van der Waals surface area contributed by atoms with Crippen molar-refractivity contribution in [3.63, 3.8) is 0 Å². The molecular weight excluding hydrogens is 206 g/mol. The molecule has 1 atom stereocenters. The van der Waals surface area contributed by atoms with Crippen LogP contribution in [-0.4, -0.2) is 47.8 Å². The van der Waals surface area contributed by atoms with Gasteiger partial charge in [-0.1, -0.05) is 6.92 Å². The monoisotopic (exact) mass is 229 g/mol. The van der Waals surface area contributed by atoms with E-state index in [1.807, 2.05) is 11.8 Å². The van der Waals surface area contributed by atoms with Crippen molar-refractivity contribution in [1.82, 2.24) is 4.90 Å². The number of hydrogen-bond donors (Lipinski definition) is 1. The Morgan fingerprint density at radius 1 is 1.56 bits per heavy atom. The van der Waals surface area contributed by atoms with Crippen LogP contribution in [-0.2, 0) is 9.53 Å². The number of methoxy groups -OCH3 is 1. The normalized spacial score (nSPS) is 18.6. The molecular formula is C12H23NO3. The van der Waals surface area contributed by atoms with Crippen LogP contribution in [0.2, 0.25) is 0 Å². The molecule has 1 aliphatic rings. The SMILES string of the molecule is CCN(CC(C)(C)O)C(C(=O)OC)C1CC1. The van der Waals surface area contributed by atoms with Crippen molar-refractivity contribution in [2.24, 2.45) is 5.92 Å². The number of likely N-dealkylation sites (N-methyl/N-ethyl adjacent to an activating group) is 1. The topological polar surface area (TPSA) is 49.8 Å². The molecule has 0 spiro atoms. The first-order valence-corrected chi connectivity index (χ1v) is 5.93. The van der Waals surface area contributed by atoms with Crippen LogP contribution in [0.15, 0.2) is 0 Å². The molecule has 1 aliphatic carbocycles. The maximum atomic E-state index is 11.7. The average molecular weight is 229 g/mol. The van der Waals surface area contributed by atoms with Crippen molar-refractivity contribution in [2.75, 3.05) is 20.2 Å². The van der Waals surface area contributed by atoms with E-state index in [0.717, 1.165) is 19.4 Å². The van der Waals surface area contributed by atoms with Gasteiger partial charge in [0.1, 0.15) is 6.04 Å². The Morgan fingerprint density at radius 3 is 2.44 bits per heavy atom. The zero-order valence-corrected chi connectivity index (χ0v) is 10.7. The number of hydrogen-bond acceptors (Lipinski definition) is 4. The summed E-state index contributed by atoms with van der Waals surface area (Å²) in [4.78, 5) is 13.8. The van der Waals surface area contributed by atoms with Gasteiger partial charge in [0.25, 0.3) is 0 Å². The molecule has 0 aliphatic heterocycles. The van der Waals surface area contributed by atoms with Crippen molar-refractivity contribution < 1.29 is 14.6 Å². The molecule has 16 heavy (non-hydrogen) atoms. The molecule has 1 rings (SSSR count). The fraction of sp³-hybridized carbons (Fsp3) is 0.917. The maximum Gasteiger partial charge on any atom is 0.323 e. The second kappa shape index (κ2) is 5.15. The summed E-state index contributed by atoms with van der Waals surface area (Å²) >= 11 is 0. The van der Waals surface area contributed by atoms with E-state index in [9.17, 15) is 9.90 Å². The van der Waals surface area contributed by atoms with Crippen LogP contribution in [0.1, 0.15) is 33.6 Å². The van der Waals surface area contributed by atoms with E-state index in [0.29, 0.717) is 12.5 Å². The van der Waals surface area contributed by atoms with Gasteiger partial charge in [0.15, 0.2) is 0 Å². The molecule has 1 unspecified atom stereocenters. The van der Waals surface area contributed by atoms with E-state index in [2.05, 4.69) is 0 Å². The summed E-state index contributed by atoms with van der Waals surface area (Å²) in [5.74, 6) is 0.239. The lowest BCUT2D eigenvalue weighted by Gasteiger charge is -2.33. The number of rotatable bonds is 6. The Labute approximate surface area is 97.6 Å². The van der Waals surface area contributed by atoms with E-state index in [-0.39, 0.29) is 12.0 Å². The first kappa shape index (κ1) is 13.5. The highest BCUT2D eigenvalue weighted by Gasteiger charge is 2.41. The Hall–Kier alpha value is -0.610. The van der Waals surface area contributed by atoms with E-state index >= 15 is 0 Å². The van der Waals surface area contributed by atoms with Crippen molar-refractivity contribution in [3.05, 3.63) is 0 Å². The summed E-state index contributed by atoms with van der Waals surface area (Å²) in [6.45, 7) is 6.78. The molecule has 0 amide bonds. The molecule has 0 aromatic rings. The lowest BCUT2D eigenvalue weighted by atomic mass is 10.1. The predicted molar refractivity (Wildman–Crippen MR) is 62.1 cm³/mol. The predicted octanol–water partition coefficient (Wildman–Crippen LogP) is 1.03. The molecule has 4 nitrogen and oxygen atoms in total. The third kappa shape index (κ3) is 3.76. The fourth-order valence-corrected chi connectivity index (χ4v) is 2.08. The number of esters is 1. The van der Waals surface area contributed by atoms with Crippen LogP contribution in [0.5, 0.6) is 0 Å². The molecule has 0 aromatic carbocycles. The number of carbonyl (C=O) groups excluding carboxylic acids is 1. The van der Waals surface area contributed by atoms with Gasteiger partial charge in [0, 0.05) is 6.54 Å². The van der Waals surface area contributed by atoms with Gasteiger partial charge in [-0.15, -0.1) is 0 Å². The molecule has 0 saturated heterocycles. The molecule has 0 radical (unpaired) electrons. The molecule has 4 heteroatoms. The number of nitrogens with zero attached hydrogens (tertiary/aromatic N) is 1. The first-order valence-electron chi connectivity index (χ1n) is 5.93. The van der Waals surface area contributed by atoms with Gasteiger partial charge in [-0.05, 0) is 39.2 Å². The maximum absolute atomic E-state index is 11.7. The van der Waals surface area contributed by atoms with Gasteiger partial charge in [-0.25, -0.2) is 0 Å². The van der Waals surface area contributed by atoms with E-state index in [1.54, 1.807) is 13.8 Å². The third-order valence-electron chi connectivity index (χ3n) is 2.90. The summed E-state index contributed by atoms with van der Waals surface area (Å²) in [5, 5.41) is 9.83. The van der Waals surface area contributed by atoms with Gasteiger partial charge in [-0.3, -0.25) is 9.69 Å². The highest BCUT2D eigenvalue weighted by atomic mass is 16.5. The Balaban J connectivity index is 2.69. The van der Waals surface area contributed by atoms with Crippen LogP contribution < -0.4 is 0 Å². The van der Waals surface area contributed by atoms with E-state index in [4.69, 9.17) is 4.74 Å². The van der Waals surface area contributed by atoms with E-state index in [1.165, 1.54) is 7.11 Å². The molecule has 94 valence electrons. The largest absolute Gasteiger partial charge is 0.468 e. The summed E-state index contributed by atoms with van der Waals surface area (Å²) in [7, 11) is 1.43. The lowest BCUT2D eigenvalue weighted by Crippen LogP contribution is -2.49. The summed E-state index contributed by atoms with van der Waals surface area (Å²) in [6, 6.07) is -0.179. The minimum absolute atomic E-state index is 0.173. The second-order valence-electron chi connectivity index (χ2n) is 5.18. The lowest BCUT2D eigenvalue weighted by molar-refractivity contribution is -0.149. The minimum Gasteiger partial charge on any atom is -0.468 e. The van der Waals surface area contributed by atoms with Crippen LogP contribution in [0.25, 0.3) is 0 Å². The zero-order chi connectivity index (χ0) is 12.3. The summed E-state index contributed by atoms with van der Waals surface area (Å²) in [6.07, 6.45) is 2.17. The van der Waals surface area contributed by atoms with Gasteiger partial charge in [0.2, 0.25) is 0 Å². The van der Waals surface area contributed by atoms with Crippen LogP contribution in [0, 0.1) is 5.92 Å². The average Bonchev–Trinajstić information content (AvgIpc) is 2.98. The van der Waals surface area contributed by atoms with Gasteiger partial charge in [0.05, 0.1) is 12.7 Å². The van der Waals surface area contributed by atoms with Crippen molar-refractivity contribution in [1.29, 1.82) is 0 Å². The molecule has 0 bridgehead atoms. The van der Waals surface area contributed by atoms with Crippen LogP contribution in [0.4, 0.5) is 0 Å². The standard InChI is InChI=1S/C12H23NO3/c1-5-13(8-12(2,3)15)10(9-6-7-9)11(14)16-4/h9-10,15H,5-8H2,1-4H3. The number of aliphatic hydroxyl groups is 1. The Kier molecular flexibility index (Phi) is 4.33. The highest BCUT2D eigenvalue weighted by molar-refractivity contribution is 5.76. The van der Waals surface area contributed by atoms with E-state index < -0.39 is 5.60 Å². The Morgan fingerprint density at radius 2 is 2.12 bits per heavy atom. The van der Waals surface area contributed by atoms with Crippen molar-refractivity contribution >= 4 is 5.97 Å². The minimum atomic E-state index is -0.781. The second-order valence-corrected chi connectivity index (χ2v) is 5.18. The first-order chi connectivity index (χ1) is 7.39.